The van der Waals surface area contributed by atoms with E-state index in [1.807, 2.05) is 66.9 Å². The van der Waals surface area contributed by atoms with Crippen LogP contribution in [0.25, 0.3) is 10.9 Å². The number of aromatic nitrogens is 1. The van der Waals surface area contributed by atoms with Crippen molar-refractivity contribution in [1.29, 1.82) is 0 Å². The molecule has 3 aromatic carbocycles. The van der Waals surface area contributed by atoms with E-state index < -0.39 is 29.6 Å². The van der Waals surface area contributed by atoms with Crippen molar-refractivity contribution in [3.8, 4) is 0 Å². The number of ether oxygens (including phenoxy) is 1. The van der Waals surface area contributed by atoms with Crippen LogP contribution < -0.4 is 21.5 Å². The summed E-state index contributed by atoms with van der Waals surface area (Å²) in [6, 6.07) is 26.2. The number of carbonyl (C=O) groups is 3. The summed E-state index contributed by atoms with van der Waals surface area (Å²) in [6.07, 6.45) is 1.50. The summed E-state index contributed by atoms with van der Waals surface area (Å²) in [7, 11) is 0. The van der Waals surface area contributed by atoms with Crippen molar-refractivity contribution < 1.29 is 19.1 Å². The highest BCUT2D eigenvalue weighted by Crippen LogP contribution is 2.24. The molecule has 1 aromatic heterocycles. The molecule has 0 saturated carbocycles. The van der Waals surface area contributed by atoms with E-state index in [4.69, 9.17) is 4.74 Å². The van der Waals surface area contributed by atoms with Crippen LogP contribution in [0.4, 0.5) is 10.5 Å². The number of anilines is 1. The van der Waals surface area contributed by atoms with Crippen LogP contribution in [0.15, 0.2) is 91.1 Å². The predicted molar refractivity (Wildman–Crippen MR) is 156 cm³/mol. The standard InChI is InChI=1S/C31H35N5O4/c1-31(2,3)40-30(39)33-26(29(38)32-19-28(37)35-34-24-14-8-5-9-15-24)18-23-21-36(20-22-12-6-4-7-13-22)27-17-11-10-16-25(23)27/h4-17,21,26,34H,18-20H2,1-3H3,(H,32,38)(H,33,39)(H,35,37)/t26-/m0/s1. The lowest BCUT2D eigenvalue weighted by Crippen LogP contribution is -2.51. The number of rotatable bonds is 10. The zero-order valence-electron chi connectivity index (χ0n) is 22.9. The molecule has 0 saturated heterocycles. The number of fused-ring (bicyclic) bond motifs is 1. The summed E-state index contributed by atoms with van der Waals surface area (Å²) >= 11 is 0. The summed E-state index contributed by atoms with van der Waals surface area (Å²) in [6.45, 7) is 5.64. The number of hydrazine groups is 1. The van der Waals surface area contributed by atoms with E-state index in [1.165, 1.54) is 0 Å². The van der Waals surface area contributed by atoms with E-state index in [-0.39, 0.29) is 13.0 Å². The lowest BCUT2D eigenvalue weighted by atomic mass is 10.0. The average molecular weight is 542 g/mol. The maximum Gasteiger partial charge on any atom is 0.408 e. The highest BCUT2D eigenvalue weighted by atomic mass is 16.6. The minimum absolute atomic E-state index is 0.206. The second kappa shape index (κ2) is 12.8. The van der Waals surface area contributed by atoms with E-state index >= 15 is 0 Å². The number of amides is 3. The largest absolute Gasteiger partial charge is 0.444 e. The molecule has 4 N–H and O–H groups in total. The molecule has 0 aliphatic rings. The number of carbonyl (C=O) groups excluding carboxylic acids is 3. The van der Waals surface area contributed by atoms with Gasteiger partial charge in [-0.15, -0.1) is 0 Å². The van der Waals surface area contributed by atoms with E-state index in [2.05, 4.69) is 38.2 Å². The third kappa shape index (κ3) is 8.10. The molecule has 0 radical (unpaired) electrons. The molecule has 0 aliphatic heterocycles. The number of alkyl carbamates (subject to hydrolysis) is 1. The molecule has 0 aliphatic carbocycles. The number of hydrogen-bond donors (Lipinski definition) is 4. The highest BCUT2D eigenvalue weighted by Gasteiger charge is 2.26. The van der Waals surface area contributed by atoms with Crippen LogP contribution in [0.2, 0.25) is 0 Å². The Hall–Kier alpha value is -4.79. The van der Waals surface area contributed by atoms with Crippen molar-refractivity contribution >= 4 is 34.5 Å². The van der Waals surface area contributed by atoms with Crippen molar-refractivity contribution in [1.82, 2.24) is 20.6 Å². The second-order valence-electron chi connectivity index (χ2n) is 10.4. The normalized spacial score (nSPS) is 11.9. The lowest BCUT2D eigenvalue weighted by molar-refractivity contribution is -0.127. The summed E-state index contributed by atoms with van der Waals surface area (Å²) in [5.74, 6) is -0.937. The maximum atomic E-state index is 13.3. The Morgan fingerprint density at radius 3 is 2.23 bits per heavy atom. The number of hydrogen-bond acceptors (Lipinski definition) is 5. The maximum absolute atomic E-state index is 13.3. The van der Waals surface area contributed by atoms with Gasteiger partial charge in [-0.2, -0.15) is 0 Å². The van der Waals surface area contributed by atoms with Crippen molar-refractivity contribution in [2.75, 3.05) is 12.0 Å². The Labute approximate surface area is 233 Å². The van der Waals surface area contributed by atoms with Crippen LogP contribution in [0.3, 0.4) is 0 Å². The van der Waals surface area contributed by atoms with Crippen LogP contribution in [0.1, 0.15) is 31.9 Å². The third-order valence-electron chi connectivity index (χ3n) is 6.04. The van der Waals surface area contributed by atoms with E-state index in [9.17, 15) is 14.4 Å². The summed E-state index contributed by atoms with van der Waals surface area (Å²) in [5, 5.41) is 6.31. The van der Waals surface area contributed by atoms with Gasteiger partial charge in [-0.25, -0.2) is 4.79 Å². The Morgan fingerprint density at radius 2 is 1.52 bits per heavy atom. The van der Waals surface area contributed by atoms with E-state index in [1.54, 1.807) is 32.9 Å². The molecule has 40 heavy (non-hydrogen) atoms. The first-order valence-corrected chi connectivity index (χ1v) is 13.2. The van der Waals surface area contributed by atoms with Crippen LogP contribution in [-0.4, -0.2) is 40.7 Å². The molecule has 9 nitrogen and oxygen atoms in total. The van der Waals surface area contributed by atoms with Crippen molar-refractivity contribution in [2.24, 2.45) is 0 Å². The molecule has 9 heteroatoms. The SMILES string of the molecule is CC(C)(C)OC(=O)N[C@@H](Cc1cn(Cc2ccccc2)c2ccccc12)C(=O)NCC(=O)NNc1ccccc1. The lowest BCUT2D eigenvalue weighted by Gasteiger charge is -2.23. The van der Waals surface area contributed by atoms with Crippen LogP contribution >= 0.6 is 0 Å². The fourth-order valence-corrected chi connectivity index (χ4v) is 4.27. The van der Waals surface area contributed by atoms with Gasteiger partial charge in [0.25, 0.3) is 5.91 Å². The van der Waals surface area contributed by atoms with Gasteiger partial charge in [0.15, 0.2) is 0 Å². The molecule has 1 atom stereocenters. The topological polar surface area (TPSA) is 113 Å². The molecule has 4 aromatic rings. The Balaban J connectivity index is 1.49. The molecule has 0 fully saturated rings. The first kappa shape index (κ1) is 28.2. The molecular formula is C31H35N5O4. The fraction of sp³-hybridized carbons (Fsp3) is 0.258. The van der Waals surface area contributed by atoms with Gasteiger partial charge in [-0.05, 0) is 50.1 Å². The number of para-hydroxylation sites is 2. The molecule has 0 bridgehead atoms. The number of nitrogens with zero attached hydrogens (tertiary/aromatic N) is 1. The van der Waals surface area contributed by atoms with Gasteiger partial charge in [0, 0.05) is 30.1 Å². The minimum Gasteiger partial charge on any atom is -0.444 e. The van der Waals surface area contributed by atoms with Gasteiger partial charge in [-0.1, -0.05) is 66.7 Å². The summed E-state index contributed by atoms with van der Waals surface area (Å²) in [4.78, 5) is 38.3. The fourth-order valence-electron chi connectivity index (χ4n) is 4.27. The van der Waals surface area contributed by atoms with E-state index in [0.717, 1.165) is 22.0 Å². The smallest absolute Gasteiger partial charge is 0.408 e. The molecule has 1 heterocycles. The van der Waals surface area contributed by atoms with Crippen molar-refractivity contribution in [3.63, 3.8) is 0 Å². The minimum atomic E-state index is -0.972. The van der Waals surface area contributed by atoms with Gasteiger partial charge in [0.05, 0.1) is 12.2 Å². The molecule has 0 spiro atoms. The average Bonchev–Trinajstić information content (AvgIpc) is 3.27. The first-order chi connectivity index (χ1) is 19.2. The van der Waals surface area contributed by atoms with Crippen LogP contribution in [-0.2, 0) is 27.3 Å². The first-order valence-electron chi connectivity index (χ1n) is 13.2. The Bertz CT molecular complexity index is 1450. The van der Waals surface area contributed by atoms with Crippen molar-refractivity contribution in [2.45, 2.75) is 45.4 Å². The molecule has 208 valence electrons. The molecule has 4 rings (SSSR count). The summed E-state index contributed by atoms with van der Waals surface area (Å²) in [5.41, 5.74) is 8.36. The zero-order chi connectivity index (χ0) is 28.5. The van der Waals surface area contributed by atoms with Crippen molar-refractivity contribution in [3.05, 3.63) is 102 Å². The zero-order valence-corrected chi connectivity index (χ0v) is 22.9. The van der Waals surface area contributed by atoms with E-state index in [0.29, 0.717) is 12.2 Å². The van der Waals surface area contributed by atoms with Crippen LogP contribution in [0, 0.1) is 0 Å². The number of benzene rings is 3. The second-order valence-corrected chi connectivity index (χ2v) is 10.4. The van der Waals surface area contributed by atoms with Gasteiger partial charge >= 0.3 is 6.09 Å². The summed E-state index contributed by atoms with van der Waals surface area (Å²) < 4.78 is 7.55. The number of nitrogens with one attached hydrogen (secondary N) is 4. The van der Waals surface area contributed by atoms with Gasteiger partial charge in [0.1, 0.15) is 11.6 Å². The third-order valence-corrected chi connectivity index (χ3v) is 6.04. The Morgan fingerprint density at radius 1 is 0.875 bits per heavy atom. The van der Waals surface area contributed by atoms with Gasteiger partial charge < -0.3 is 19.9 Å². The monoisotopic (exact) mass is 541 g/mol. The highest BCUT2D eigenvalue weighted by molar-refractivity contribution is 5.91. The molecular weight excluding hydrogens is 506 g/mol. The van der Waals surface area contributed by atoms with Gasteiger partial charge in [0.2, 0.25) is 5.91 Å². The van der Waals surface area contributed by atoms with Gasteiger partial charge in [-0.3, -0.25) is 20.4 Å². The molecule has 0 unspecified atom stereocenters. The van der Waals surface area contributed by atoms with Crippen LogP contribution in [0.5, 0.6) is 0 Å². The predicted octanol–water partition coefficient (Wildman–Crippen LogP) is 4.38. The Kier molecular flexibility index (Phi) is 9.06. The quantitative estimate of drug-likeness (QED) is 0.223. The molecule has 3 amide bonds.